The van der Waals surface area contributed by atoms with Crippen LogP contribution in [0.5, 0.6) is 0 Å². The third-order valence-electron chi connectivity index (χ3n) is 7.97. The van der Waals surface area contributed by atoms with E-state index in [0.29, 0.717) is 13.2 Å². The number of benzene rings is 1. The lowest BCUT2D eigenvalue weighted by atomic mass is 10.1. The van der Waals surface area contributed by atoms with Crippen LogP contribution < -0.4 is 0 Å². The predicted molar refractivity (Wildman–Crippen MR) is 174 cm³/mol. The maximum Gasteiger partial charge on any atom is 0.386 e. The molecule has 0 amide bonds. The molecular weight excluding hydrogens is 524 g/mol. The monoisotopic (exact) mass is 585 g/mol. The first kappa shape index (κ1) is 37.6. The van der Waals surface area contributed by atoms with E-state index in [-0.39, 0.29) is 16.8 Å². The van der Waals surface area contributed by atoms with Crippen molar-refractivity contribution in [2.45, 2.75) is 168 Å². The van der Waals surface area contributed by atoms with Gasteiger partial charge in [-0.1, -0.05) is 155 Å². The van der Waals surface area contributed by atoms with E-state index in [1.54, 1.807) is 0 Å². The number of ether oxygens (including phenoxy) is 2. The fraction of sp³-hybridized carbons (Fsp3) is 0.778. The van der Waals surface area contributed by atoms with Gasteiger partial charge in [-0.05, 0) is 18.9 Å². The molecule has 6 heteroatoms. The summed E-state index contributed by atoms with van der Waals surface area (Å²) in [6.07, 6.45) is 29.9. The summed E-state index contributed by atoms with van der Waals surface area (Å²) in [5.41, 5.74) is 0.523. The van der Waals surface area contributed by atoms with Crippen molar-refractivity contribution < 1.29 is 19.1 Å². The summed E-state index contributed by atoms with van der Waals surface area (Å²) in [6, 6.07) is 4.31. The highest BCUT2D eigenvalue weighted by Gasteiger charge is 2.20. The first-order valence-electron chi connectivity index (χ1n) is 17.5. The van der Waals surface area contributed by atoms with Gasteiger partial charge in [0.1, 0.15) is 0 Å². The molecule has 0 N–H and O–H groups in total. The maximum atomic E-state index is 12.6. The second-order valence-corrected chi connectivity index (χ2v) is 11.9. The summed E-state index contributed by atoms with van der Waals surface area (Å²) in [4.78, 5) is 28.3. The summed E-state index contributed by atoms with van der Waals surface area (Å²) < 4.78 is 10.8. The number of unbranched alkanes of at least 4 members (excludes halogenated alkanes) is 22. The average molecular weight is 586 g/mol. The molecule has 0 bridgehead atoms. The fourth-order valence-corrected chi connectivity index (χ4v) is 5.29. The first-order chi connectivity index (χ1) is 20.6. The highest BCUT2D eigenvalue weighted by Crippen LogP contribution is 2.20. The van der Waals surface area contributed by atoms with E-state index in [1.165, 1.54) is 134 Å². The smallest absolute Gasteiger partial charge is 0.386 e. The second kappa shape index (κ2) is 27.4. The van der Waals surface area contributed by atoms with Crippen LogP contribution >= 0.6 is 0 Å². The molecule has 1 aromatic carbocycles. The Bertz CT molecular complexity index is 804. The zero-order valence-electron chi connectivity index (χ0n) is 27.1. The van der Waals surface area contributed by atoms with Crippen molar-refractivity contribution in [3.63, 3.8) is 0 Å². The van der Waals surface area contributed by atoms with Gasteiger partial charge in [-0.15, -0.1) is 0 Å². The minimum Gasteiger partial charge on any atom is -0.462 e. The fourth-order valence-electron chi connectivity index (χ4n) is 5.29. The molecule has 0 saturated carbocycles. The minimum atomic E-state index is -0.515. The van der Waals surface area contributed by atoms with Crippen LogP contribution in [0.25, 0.3) is 4.98 Å². The van der Waals surface area contributed by atoms with Crippen molar-refractivity contribution in [2.24, 2.45) is 0 Å². The Morgan fingerprint density at radius 2 is 0.786 bits per heavy atom. The molecule has 0 fully saturated rings. The Morgan fingerprint density at radius 3 is 1.07 bits per heavy atom. The first-order valence-corrected chi connectivity index (χ1v) is 17.5. The number of carbonyl (C=O) groups is 2. The molecule has 0 aliphatic heterocycles. The molecule has 0 aromatic heterocycles. The van der Waals surface area contributed by atoms with Gasteiger partial charge in [0.2, 0.25) is 5.39 Å². The molecule has 0 spiro atoms. The quantitative estimate of drug-likeness (QED) is 0.0555. The third-order valence-corrected chi connectivity index (χ3v) is 7.97. The van der Waals surface area contributed by atoms with Crippen LogP contribution in [0.3, 0.4) is 0 Å². The van der Waals surface area contributed by atoms with Gasteiger partial charge < -0.3 is 9.47 Å². The van der Waals surface area contributed by atoms with Crippen LogP contribution in [0.2, 0.25) is 0 Å². The largest absolute Gasteiger partial charge is 0.462 e. The van der Waals surface area contributed by atoms with Gasteiger partial charge in [0, 0.05) is 12.1 Å². The second-order valence-electron chi connectivity index (χ2n) is 11.9. The zero-order chi connectivity index (χ0) is 30.5. The summed E-state index contributed by atoms with van der Waals surface area (Å²) >= 11 is 0. The number of hydrogen-bond donors (Lipinski definition) is 0. The molecule has 6 nitrogen and oxygen atoms in total. The van der Waals surface area contributed by atoms with Crippen molar-refractivity contribution >= 4 is 17.6 Å². The predicted octanol–water partition coefficient (Wildman–Crippen LogP) is 11.9. The van der Waals surface area contributed by atoms with Gasteiger partial charge in [-0.25, -0.2) is 9.59 Å². The molecule has 0 saturated heterocycles. The number of esters is 2. The van der Waals surface area contributed by atoms with Gasteiger partial charge in [-0.2, -0.15) is 0 Å². The van der Waals surface area contributed by atoms with Crippen molar-refractivity contribution in [1.82, 2.24) is 0 Å². The van der Waals surface area contributed by atoms with Gasteiger partial charge in [0.15, 0.2) is 4.98 Å². The maximum absolute atomic E-state index is 12.6. The Hall–Kier alpha value is -2.42. The van der Waals surface area contributed by atoms with Crippen LogP contribution in [0, 0.1) is 5.39 Å². The molecule has 0 radical (unpaired) electrons. The number of rotatable bonds is 28. The van der Waals surface area contributed by atoms with Crippen LogP contribution in [0.15, 0.2) is 18.2 Å². The normalized spacial score (nSPS) is 10.9. The lowest BCUT2D eigenvalue weighted by Crippen LogP contribution is -2.10. The molecule has 0 aliphatic carbocycles. The lowest BCUT2D eigenvalue weighted by molar-refractivity contribution is 0.0496. The third kappa shape index (κ3) is 20.5. The zero-order valence-corrected chi connectivity index (χ0v) is 27.1. The molecule has 0 aliphatic rings. The minimum absolute atomic E-state index is 0.132. The molecule has 42 heavy (non-hydrogen) atoms. The molecular formula is C36H61N2O4+. The van der Waals surface area contributed by atoms with Crippen LogP contribution in [0.1, 0.15) is 189 Å². The Balaban J connectivity index is 2.18. The van der Waals surface area contributed by atoms with Gasteiger partial charge in [0.05, 0.1) is 24.3 Å². The molecule has 1 aromatic rings. The number of diazo groups is 1. The van der Waals surface area contributed by atoms with Crippen LogP contribution in [0.4, 0.5) is 5.69 Å². The van der Waals surface area contributed by atoms with Gasteiger partial charge in [0.25, 0.3) is 0 Å². The van der Waals surface area contributed by atoms with E-state index in [0.717, 1.165) is 38.5 Å². The van der Waals surface area contributed by atoms with E-state index < -0.39 is 11.9 Å². The van der Waals surface area contributed by atoms with E-state index in [2.05, 4.69) is 18.8 Å². The summed E-state index contributed by atoms with van der Waals surface area (Å²) in [6.45, 7) is 5.19. The number of hydrogen-bond acceptors (Lipinski definition) is 5. The molecule has 0 unspecified atom stereocenters. The molecule has 0 heterocycles. The molecule has 0 atom stereocenters. The van der Waals surface area contributed by atoms with E-state index in [1.807, 2.05) is 0 Å². The molecule has 238 valence electrons. The van der Waals surface area contributed by atoms with Crippen molar-refractivity contribution in [1.29, 1.82) is 5.39 Å². The van der Waals surface area contributed by atoms with Crippen molar-refractivity contribution in [2.75, 3.05) is 13.2 Å². The topological polar surface area (TPSA) is 80.8 Å². The van der Waals surface area contributed by atoms with Crippen LogP contribution in [-0.2, 0) is 9.47 Å². The average Bonchev–Trinajstić information content (AvgIpc) is 3.01. The van der Waals surface area contributed by atoms with Gasteiger partial charge in [-0.3, -0.25) is 0 Å². The van der Waals surface area contributed by atoms with Crippen molar-refractivity contribution in [3.05, 3.63) is 34.3 Å². The van der Waals surface area contributed by atoms with E-state index in [4.69, 9.17) is 9.47 Å². The molecule has 1 rings (SSSR count). The summed E-state index contributed by atoms with van der Waals surface area (Å²) in [5, 5.41) is 9.27. The van der Waals surface area contributed by atoms with Crippen molar-refractivity contribution in [3.8, 4) is 0 Å². The Kier molecular flexibility index (Phi) is 24.5. The summed E-state index contributed by atoms with van der Waals surface area (Å²) in [5.74, 6) is -1.03. The SMILES string of the molecule is CCCCCCCCCCCCCCOC(=O)c1cc([N+]#N)cc(C(=O)OCCCCCCCCCCCCCC)c1. The standard InChI is InChI=1S/C36H61N2O4/c1-3-5-7-9-11-13-15-17-19-21-23-25-27-41-35(39)32-29-33(31-34(30-32)38-37)36(40)42-28-26-24-22-20-18-16-14-12-10-8-6-4-2/h29-31H,3-28H2,1-2H3/q+1. The lowest BCUT2D eigenvalue weighted by Gasteiger charge is -2.07. The van der Waals surface area contributed by atoms with Crippen LogP contribution in [-0.4, -0.2) is 25.2 Å². The number of nitrogens with zero attached hydrogens (tertiary/aromatic N) is 2. The number of carbonyl (C=O) groups excluding carboxylic acids is 2. The van der Waals surface area contributed by atoms with Gasteiger partial charge >= 0.3 is 17.6 Å². The summed E-state index contributed by atoms with van der Waals surface area (Å²) in [7, 11) is 0. The highest BCUT2D eigenvalue weighted by atomic mass is 16.5. The Morgan fingerprint density at radius 1 is 0.500 bits per heavy atom. The van der Waals surface area contributed by atoms with E-state index >= 15 is 0 Å². The van der Waals surface area contributed by atoms with E-state index in [9.17, 15) is 15.0 Å². The highest BCUT2D eigenvalue weighted by molar-refractivity contribution is 5.97. The Labute approximate surface area is 257 Å².